The minimum absolute atomic E-state index is 0.755. The molecule has 0 fully saturated rings. The van der Waals surface area contributed by atoms with E-state index in [4.69, 9.17) is 16.2 Å². The van der Waals surface area contributed by atoms with Crippen LogP contribution in [0.1, 0.15) is 0 Å². The number of hydrogen-bond donors (Lipinski definition) is 0. The van der Waals surface area contributed by atoms with Crippen LogP contribution in [0.4, 0.5) is 0 Å². The van der Waals surface area contributed by atoms with E-state index in [1.165, 1.54) is 0 Å². The summed E-state index contributed by atoms with van der Waals surface area (Å²) in [7, 11) is 0. The minimum atomic E-state index is 0.755. The first kappa shape index (κ1) is 7.90. The van der Waals surface area contributed by atoms with Gasteiger partial charge in [0.25, 0.3) is 0 Å². The molecule has 0 aliphatic rings. The fraction of sp³-hybridized carbons (Fsp3) is 0. The zero-order valence-electron chi connectivity index (χ0n) is 6.23. The Hall–Kier alpha value is -0.720. The molecule has 0 N–H and O–H groups in total. The molecule has 1 heterocycles. The maximum atomic E-state index is 5.49. The van der Waals surface area contributed by atoms with Crippen molar-refractivity contribution in [1.29, 1.82) is 0 Å². The summed E-state index contributed by atoms with van der Waals surface area (Å²) in [6.45, 7) is 0.755. The van der Waals surface area contributed by atoms with Crippen LogP contribution in [0, 0.1) is 5.14 Å². The van der Waals surface area contributed by atoms with E-state index < -0.39 is 0 Å². The van der Waals surface area contributed by atoms with Gasteiger partial charge < -0.3 is 0 Å². The van der Waals surface area contributed by atoms with Gasteiger partial charge in [-0.05, 0) is 0 Å². The molecule has 1 aromatic heterocycles. The average molecular weight is 193 g/mol. The molecule has 2 aromatic rings. The molecule has 58 valence electrons. The number of para-hydroxylation sites is 1. The Balaban J connectivity index is 2.94. The van der Waals surface area contributed by atoms with Crippen molar-refractivity contribution in [2.24, 2.45) is 0 Å². The number of hydrogen-bond acceptors (Lipinski definition) is 2. The summed E-state index contributed by atoms with van der Waals surface area (Å²) in [6, 6.07) is 11.8. The van der Waals surface area contributed by atoms with Crippen LogP contribution in [0.25, 0.3) is 11.0 Å². The Kier molecular flexibility index (Phi) is 2.20. The zero-order valence-corrected chi connectivity index (χ0v) is 7.94. The molecular weight excluding hydrogens is 187 g/mol. The molecule has 0 saturated carbocycles. The first-order valence-electron chi connectivity index (χ1n) is 3.55. The van der Waals surface area contributed by atoms with Gasteiger partial charge in [-0.1, -0.05) is 0 Å². The second kappa shape index (κ2) is 3.34. The van der Waals surface area contributed by atoms with Crippen molar-refractivity contribution in [3.63, 3.8) is 0 Å². The molecule has 2 rings (SSSR count). The van der Waals surface area contributed by atoms with Crippen LogP contribution in [0.2, 0.25) is 0 Å². The normalized spacial score (nSPS) is 10.0. The summed E-state index contributed by atoms with van der Waals surface area (Å²) in [6.07, 6.45) is 0. The Morgan fingerprint density at radius 2 is 1.92 bits per heavy atom. The molecule has 1 nitrogen and oxygen atoms in total. The molecule has 0 bridgehead atoms. The predicted octanol–water partition coefficient (Wildman–Crippen LogP) is 3.37. The van der Waals surface area contributed by atoms with Gasteiger partial charge in [0.05, 0.1) is 0 Å². The second-order valence-corrected chi connectivity index (χ2v) is 3.57. The predicted molar refractivity (Wildman–Crippen MR) is 53.7 cm³/mol. The number of benzene rings is 1. The quantitative estimate of drug-likeness (QED) is 0.595. The Morgan fingerprint density at radius 3 is 2.75 bits per heavy atom. The summed E-state index contributed by atoms with van der Waals surface area (Å²) in [4.78, 5) is 0. The van der Waals surface area contributed by atoms with E-state index in [-0.39, 0.29) is 0 Å². The van der Waals surface area contributed by atoms with Gasteiger partial charge in [-0.25, -0.2) is 0 Å². The van der Waals surface area contributed by atoms with Crippen LogP contribution in [-0.2, 0) is 11.8 Å². The van der Waals surface area contributed by atoms with Crippen LogP contribution in [0.5, 0.6) is 0 Å². The van der Waals surface area contributed by atoms with Gasteiger partial charge in [0.1, 0.15) is 0 Å². The van der Waals surface area contributed by atoms with Gasteiger partial charge in [-0.2, -0.15) is 0 Å². The van der Waals surface area contributed by atoms with Gasteiger partial charge in [0, 0.05) is 0 Å². The van der Waals surface area contributed by atoms with E-state index in [9.17, 15) is 0 Å². The molecule has 0 unspecified atom stereocenters. The first-order valence-corrected chi connectivity index (χ1v) is 5.46. The van der Waals surface area contributed by atoms with E-state index in [2.05, 4.69) is 0 Å². The van der Waals surface area contributed by atoms with Crippen LogP contribution in [0.15, 0.2) is 40.8 Å². The van der Waals surface area contributed by atoms with Gasteiger partial charge in [0.15, 0.2) is 0 Å². The van der Waals surface area contributed by atoms with Crippen LogP contribution < -0.4 is 0 Å². The van der Waals surface area contributed by atoms with Gasteiger partial charge >= 0.3 is 75.7 Å². The Morgan fingerprint density at radius 1 is 1.08 bits per heavy atom. The van der Waals surface area contributed by atoms with E-state index in [1.807, 2.05) is 36.4 Å². The van der Waals surface area contributed by atoms with Crippen molar-refractivity contribution in [2.75, 3.05) is 0 Å². The van der Waals surface area contributed by atoms with Crippen molar-refractivity contribution in [3.8, 4) is 0 Å². The molecule has 0 spiro atoms. The summed E-state index contributed by atoms with van der Waals surface area (Å²) in [5.74, 6) is 0. The third-order valence-corrected chi connectivity index (χ3v) is 2.59. The molecule has 0 radical (unpaired) electrons. The molecule has 0 atom stereocenters. The van der Waals surface area contributed by atoms with Crippen LogP contribution >= 0.6 is 6.98 Å². The van der Waals surface area contributed by atoms with E-state index >= 15 is 0 Å². The first-order chi connectivity index (χ1) is 5.90. The summed E-state index contributed by atoms with van der Waals surface area (Å²) >= 11 is 4.86. The molecule has 0 amide bonds. The fourth-order valence-electron chi connectivity index (χ4n) is 1.07. The SMILES string of the molecule is S=[P+]=c1ccc2ccccc2o1. The van der Waals surface area contributed by atoms with E-state index in [0.29, 0.717) is 0 Å². The van der Waals surface area contributed by atoms with Gasteiger partial charge in [0.2, 0.25) is 0 Å². The summed E-state index contributed by atoms with van der Waals surface area (Å²) < 4.78 is 5.49. The topological polar surface area (TPSA) is 13.1 Å². The van der Waals surface area contributed by atoms with Crippen molar-refractivity contribution in [2.45, 2.75) is 0 Å². The van der Waals surface area contributed by atoms with Crippen molar-refractivity contribution in [3.05, 3.63) is 41.5 Å². The van der Waals surface area contributed by atoms with Crippen LogP contribution in [0.3, 0.4) is 0 Å². The summed E-state index contributed by atoms with van der Waals surface area (Å²) in [5, 5.41) is 1.93. The molecule has 0 aliphatic heterocycles. The Labute approximate surface area is 76.1 Å². The summed E-state index contributed by atoms with van der Waals surface area (Å²) in [5.41, 5.74) is 0.896. The third-order valence-electron chi connectivity index (χ3n) is 1.63. The van der Waals surface area contributed by atoms with Crippen molar-refractivity contribution >= 4 is 29.8 Å². The molecule has 3 heteroatoms. The third kappa shape index (κ3) is 1.40. The molecular formula is C9H6OPS+. The Bertz CT molecular complexity index is 497. The van der Waals surface area contributed by atoms with Crippen molar-refractivity contribution in [1.82, 2.24) is 0 Å². The van der Waals surface area contributed by atoms with E-state index in [0.717, 1.165) is 23.1 Å². The standard InChI is InChI=1S/C9H6OPS/c12-11-9-6-5-7-3-1-2-4-8(7)10-9/h1-6H/q+1. The fourth-order valence-corrected chi connectivity index (χ4v) is 1.63. The molecule has 0 saturated heterocycles. The van der Waals surface area contributed by atoms with E-state index in [1.54, 1.807) is 0 Å². The van der Waals surface area contributed by atoms with Gasteiger partial charge in [-0.15, -0.1) is 0 Å². The van der Waals surface area contributed by atoms with Crippen LogP contribution in [-0.4, -0.2) is 0 Å². The molecule has 12 heavy (non-hydrogen) atoms. The monoisotopic (exact) mass is 193 g/mol. The zero-order chi connectivity index (χ0) is 8.39. The average Bonchev–Trinajstić information content (AvgIpc) is 2.17. The van der Waals surface area contributed by atoms with Crippen molar-refractivity contribution < 1.29 is 4.42 Å². The number of fused-ring (bicyclic) bond motifs is 1. The molecule has 1 aromatic carbocycles. The number of rotatable bonds is 0. The van der Waals surface area contributed by atoms with Gasteiger partial charge in [-0.3, -0.25) is 0 Å². The second-order valence-electron chi connectivity index (χ2n) is 2.40. The molecule has 0 aliphatic carbocycles. The maximum absolute atomic E-state index is 5.49.